The number of carbonyl (C=O) groups is 2. The Morgan fingerprint density at radius 1 is 1.27 bits per heavy atom. The van der Waals surface area contributed by atoms with Crippen LogP contribution in [0.5, 0.6) is 0 Å². The maximum atomic E-state index is 12.2. The Hall–Kier alpha value is -1.68. The topological polar surface area (TPSA) is 46.6 Å². The Morgan fingerprint density at radius 2 is 2.05 bits per heavy atom. The van der Waals surface area contributed by atoms with Gasteiger partial charge in [-0.15, -0.1) is 0 Å². The van der Waals surface area contributed by atoms with E-state index < -0.39 is 0 Å². The van der Waals surface area contributed by atoms with Crippen LogP contribution in [0.3, 0.4) is 0 Å². The molecule has 3 rings (SSSR count). The van der Waals surface area contributed by atoms with Crippen molar-refractivity contribution >= 4 is 11.8 Å². The van der Waals surface area contributed by atoms with Crippen molar-refractivity contribution in [2.24, 2.45) is 11.8 Å². The summed E-state index contributed by atoms with van der Waals surface area (Å²) in [5.74, 6) is 1.05. The minimum atomic E-state index is -0.225. The quantitative estimate of drug-likeness (QED) is 0.804. The van der Waals surface area contributed by atoms with E-state index in [-0.39, 0.29) is 12.0 Å². The van der Waals surface area contributed by atoms with Crippen LogP contribution in [-0.2, 0) is 20.9 Å². The summed E-state index contributed by atoms with van der Waals surface area (Å²) < 4.78 is 5.00. The highest BCUT2D eigenvalue weighted by Crippen LogP contribution is 2.38. The molecule has 1 aromatic rings. The van der Waals surface area contributed by atoms with Gasteiger partial charge in [-0.2, -0.15) is 0 Å². The second-order valence-electron chi connectivity index (χ2n) is 6.49. The Morgan fingerprint density at radius 3 is 2.77 bits per heavy atom. The molecular formula is C18H23NO3. The Labute approximate surface area is 131 Å². The van der Waals surface area contributed by atoms with Crippen LogP contribution >= 0.6 is 0 Å². The SMILES string of the molecule is COC(=O)[C@@H]1C[C@H]2CC(=O)CC[C@H]2CN1Cc1ccccc1. The summed E-state index contributed by atoms with van der Waals surface area (Å²) in [6, 6.07) is 10.00. The highest BCUT2D eigenvalue weighted by molar-refractivity contribution is 5.80. The van der Waals surface area contributed by atoms with Crippen LogP contribution in [0.25, 0.3) is 0 Å². The number of benzene rings is 1. The van der Waals surface area contributed by atoms with Gasteiger partial charge in [-0.1, -0.05) is 30.3 Å². The van der Waals surface area contributed by atoms with Gasteiger partial charge in [0.05, 0.1) is 7.11 Å². The molecule has 118 valence electrons. The van der Waals surface area contributed by atoms with Crippen molar-refractivity contribution in [2.45, 2.75) is 38.3 Å². The van der Waals surface area contributed by atoms with Crippen LogP contribution in [0.15, 0.2) is 30.3 Å². The normalized spacial score (nSPS) is 29.0. The molecule has 0 amide bonds. The molecule has 4 nitrogen and oxygen atoms in total. The number of Topliss-reactive ketones (excluding diaryl/α,β-unsaturated/α-hetero) is 1. The summed E-state index contributed by atoms with van der Waals surface area (Å²) in [5, 5.41) is 0. The number of rotatable bonds is 3. The summed E-state index contributed by atoms with van der Waals surface area (Å²) in [6.45, 7) is 1.64. The average Bonchev–Trinajstić information content (AvgIpc) is 2.54. The number of piperidine rings is 1. The van der Waals surface area contributed by atoms with Gasteiger partial charge in [-0.3, -0.25) is 14.5 Å². The zero-order valence-electron chi connectivity index (χ0n) is 13.0. The second-order valence-corrected chi connectivity index (χ2v) is 6.49. The van der Waals surface area contributed by atoms with Crippen molar-refractivity contribution in [2.75, 3.05) is 13.7 Å². The first-order valence-electron chi connectivity index (χ1n) is 8.05. The van der Waals surface area contributed by atoms with Gasteiger partial charge in [0.2, 0.25) is 0 Å². The van der Waals surface area contributed by atoms with Gasteiger partial charge in [0.15, 0.2) is 0 Å². The zero-order chi connectivity index (χ0) is 15.5. The van der Waals surface area contributed by atoms with Crippen molar-refractivity contribution < 1.29 is 14.3 Å². The Kier molecular flexibility index (Phi) is 4.57. The number of likely N-dealkylation sites (tertiary alicyclic amines) is 1. The molecule has 1 saturated heterocycles. The van der Waals surface area contributed by atoms with Gasteiger partial charge in [-0.05, 0) is 30.2 Å². The molecule has 0 spiro atoms. The van der Waals surface area contributed by atoms with Crippen LogP contribution in [0.4, 0.5) is 0 Å². The third kappa shape index (κ3) is 3.22. The second kappa shape index (κ2) is 6.61. The maximum absolute atomic E-state index is 12.2. The fourth-order valence-electron chi connectivity index (χ4n) is 3.90. The fourth-order valence-corrected chi connectivity index (χ4v) is 3.90. The predicted octanol–water partition coefficient (Wildman–Crippen LogP) is 2.42. The van der Waals surface area contributed by atoms with Crippen molar-refractivity contribution in [1.29, 1.82) is 0 Å². The molecule has 1 aliphatic heterocycles. The standard InChI is InChI=1S/C18H23NO3/c1-22-18(21)17-10-15-9-16(20)8-7-14(15)12-19(17)11-13-5-3-2-4-6-13/h2-6,14-15,17H,7-12H2,1H3/t14-,15+,17-/m0/s1. The van der Waals surface area contributed by atoms with Crippen LogP contribution in [0.1, 0.15) is 31.2 Å². The van der Waals surface area contributed by atoms with E-state index in [9.17, 15) is 9.59 Å². The molecule has 0 N–H and O–H groups in total. The molecule has 3 atom stereocenters. The van der Waals surface area contributed by atoms with Crippen molar-refractivity contribution in [3.63, 3.8) is 0 Å². The first-order valence-corrected chi connectivity index (χ1v) is 8.05. The number of ether oxygens (including phenoxy) is 1. The highest BCUT2D eigenvalue weighted by Gasteiger charge is 2.41. The van der Waals surface area contributed by atoms with E-state index in [1.165, 1.54) is 12.7 Å². The van der Waals surface area contributed by atoms with E-state index >= 15 is 0 Å². The molecule has 0 aromatic heterocycles. The lowest BCUT2D eigenvalue weighted by molar-refractivity contribution is -0.152. The predicted molar refractivity (Wildman–Crippen MR) is 83.1 cm³/mol. The van der Waals surface area contributed by atoms with E-state index in [2.05, 4.69) is 17.0 Å². The highest BCUT2D eigenvalue weighted by atomic mass is 16.5. The number of esters is 1. The number of hydrogen-bond acceptors (Lipinski definition) is 4. The summed E-state index contributed by atoms with van der Waals surface area (Å²) in [5.41, 5.74) is 1.21. The van der Waals surface area contributed by atoms with Crippen molar-refractivity contribution in [3.8, 4) is 0 Å². The molecule has 1 aliphatic carbocycles. The van der Waals surface area contributed by atoms with E-state index in [0.717, 1.165) is 25.9 Å². The zero-order valence-corrected chi connectivity index (χ0v) is 13.0. The molecule has 1 aromatic carbocycles. The van der Waals surface area contributed by atoms with Gasteiger partial charge >= 0.3 is 5.97 Å². The molecule has 0 bridgehead atoms. The monoisotopic (exact) mass is 301 g/mol. The number of methoxy groups -OCH3 is 1. The summed E-state index contributed by atoms with van der Waals surface area (Å²) in [7, 11) is 1.45. The molecular weight excluding hydrogens is 278 g/mol. The number of hydrogen-bond donors (Lipinski definition) is 0. The van der Waals surface area contributed by atoms with E-state index in [1.54, 1.807) is 0 Å². The van der Waals surface area contributed by atoms with Gasteiger partial charge < -0.3 is 4.74 Å². The van der Waals surface area contributed by atoms with Gasteiger partial charge in [0.1, 0.15) is 11.8 Å². The maximum Gasteiger partial charge on any atom is 0.323 e. The Balaban J connectivity index is 1.77. The van der Waals surface area contributed by atoms with Gasteiger partial charge in [-0.25, -0.2) is 0 Å². The summed E-state index contributed by atoms with van der Waals surface area (Å²) in [4.78, 5) is 26.1. The van der Waals surface area contributed by atoms with Crippen molar-refractivity contribution in [3.05, 3.63) is 35.9 Å². The molecule has 0 unspecified atom stereocenters. The first-order chi connectivity index (χ1) is 10.7. The summed E-state index contributed by atoms with van der Waals surface area (Å²) in [6.07, 6.45) is 3.04. The van der Waals surface area contributed by atoms with Crippen LogP contribution < -0.4 is 0 Å². The lowest BCUT2D eigenvalue weighted by atomic mass is 9.72. The van der Waals surface area contributed by atoms with Crippen molar-refractivity contribution in [1.82, 2.24) is 4.90 Å². The average molecular weight is 301 g/mol. The lowest BCUT2D eigenvalue weighted by Gasteiger charge is -2.44. The fraction of sp³-hybridized carbons (Fsp3) is 0.556. The van der Waals surface area contributed by atoms with E-state index in [1.807, 2.05) is 18.2 Å². The molecule has 22 heavy (non-hydrogen) atoms. The Bertz CT molecular complexity index is 543. The number of fused-ring (bicyclic) bond motifs is 1. The van der Waals surface area contributed by atoms with Crippen LogP contribution in [0.2, 0.25) is 0 Å². The van der Waals surface area contributed by atoms with E-state index in [4.69, 9.17) is 4.74 Å². The first kappa shape index (κ1) is 15.2. The largest absolute Gasteiger partial charge is 0.468 e. The molecule has 4 heteroatoms. The van der Waals surface area contributed by atoms with Crippen LogP contribution in [-0.4, -0.2) is 36.3 Å². The van der Waals surface area contributed by atoms with E-state index in [0.29, 0.717) is 30.5 Å². The van der Waals surface area contributed by atoms with Gasteiger partial charge in [0, 0.05) is 25.9 Å². The molecule has 1 saturated carbocycles. The minimum Gasteiger partial charge on any atom is -0.468 e. The minimum absolute atomic E-state index is 0.174. The smallest absolute Gasteiger partial charge is 0.323 e. The molecule has 2 aliphatic rings. The molecule has 0 radical (unpaired) electrons. The number of ketones is 1. The molecule has 2 fully saturated rings. The number of carbonyl (C=O) groups excluding carboxylic acids is 2. The third-order valence-corrected chi connectivity index (χ3v) is 5.09. The lowest BCUT2D eigenvalue weighted by Crippen LogP contribution is -2.52. The van der Waals surface area contributed by atoms with Crippen LogP contribution in [0, 0.1) is 11.8 Å². The molecule has 1 heterocycles. The third-order valence-electron chi connectivity index (χ3n) is 5.09. The number of nitrogens with zero attached hydrogens (tertiary/aromatic N) is 1. The summed E-state index contributed by atoms with van der Waals surface area (Å²) >= 11 is 0. The van der Waals surface area contributed by atoms with Gasteiger partial charge in [0.25, 0.3) is 0 Å².